The number of alkyl halides is 6. The van der Waals surface area contributed by atoms with Gasteiger partial charge in [-0.25, -0.2) is 8.42 Å². The average molecular weight is 758 g/mol. The van der Waals surface area contributed by atoms with Gasteiger partial charge in [0, 0.05) is 3.57 Å². The fourth-order valence-corrected chi connectivity index (χ4v) is 6.60. The molecule has 1 amide bonds. The fourth-order valence-electron chi connectivity index (χ4n) is 1.81. The monoisotopic (exact) mass is 758 g/mol. The smallest absolute Gasteiger partial charge is 0.421 e. The SMILES string of the molecule is O=C(NC(CS(=O)(=O)[O-])(C(F)(F)F)C(F)(F)F)c1c(I)cc(I)c(O)c1I. The van der Waals surface area contributed by atoms with Crippen molar-refractivity contribution in [2.75, 3.05) is 5.75 Å². The summed E-state index contributed by atoms with van der Waals surface area (Å²) in [5.41, 5.74) is -6.07. The number of nitrogens with one attached hydrogen (secondary N) is 1. The Morgan fingerprint density at radius 2 is 1.52 bits per heavy atom. The average Bonchev–Trinajstić information content (AvgIpc) is 2.40. The largest absolute Gasteiger partial charge is 0.748 e. The van der Waals surface area contributed by atoms with Crippen molar-refractivity contribution in [2.45, 2.75) is 17.9 Å². The van der Waals surface area contributed by atoms with Gasteiger partial charge in [0.2, 0.25) is 5.54 Å². The highest BCUT2D eigenvalue weighted by molar-refractivity contribution is 14.1. The van der Waals surface area contributed by atoms with Crippen molar-refractivity contribution in [3.8, 4) is 5.75 Å². The summed E-state index contributed by atoms with van der Waals surface area (Å²) in [6.07, 6.45) is -12.7. The van der Waals surface area contributed by atoms with Crippen LogP contribution in [0.3, 0.4) is 0 Å². The van der Waals surface area contributed by atoms with Gasteiger partial charge >= 0.3 is 12.4 Å². The van der Waals surface area contributed by atoms with Crippen molar-refractivity contribution in [3.63, 3.8) is 0 Å². The summed E-state index contributed by atoms with van der Waals surface area (Å²) >= 11 is 4.39. The van der Waals surface area contributed by atoms with E-state index in [1.807, 2.05) is 0 Å². The Labute approximate surface area is 188 Å². The molecule has 0 radical (unpaired) electrons. The van der Waals surface area contributed by atoms with Gasteiger partial charge in [-0.1, -0.05) is 0 Å². The van der Waals surface area contributed by atoms with Crippen LogP contribution in [0.4, 0.5) is 26.3 Å². The highest BCUT2D eigenvalue weighted by Gasteiger charge is 2.72. The number of benzene rings is 1. The third-order valence-electron chi connectivity index (χ3n) is 3.06. The minimum Gasteiger partial charge on any atom is -0.748 e. The molecule has 0 saturated carbocycles. The molecule has 1 aromatic rings. The lowest BCUT2D eigenvalue weighted by Crippen LogP contribution is -2.70. The highest BCUT2D eigenvalue weighted by atomic mass is 127. The Morgan fingerprint density at radius 3 is 1.89 bits per heavy atom. The molecule has 0 spiro atoms. The number of rotatable bonds is 4. The first kappa shape index (κ1) is 25.2. The van der Waals surface area contributed by atoms with Gasteiger partial charge in [0.25, 0.3) is 5.91 Å². The number of halogens is 9. The van der Waals surface area contributed by atoms with Crippen LogP contribution < -0.4 is 5.32 Å². The van der Waals surface area contributed by atoms with E-state index in [9.17, 15) is 49.2 Å². The molecule has 1 rings (SSSR count). The topological polar surface area (TPSA) is 107 Å². The number of phenols is 1. The molecule has 0 unspecified atom stereocenters. The molecular weight excluding hydrogens is 753 g/mol. The number of aromatic hydroxyl groups is 1. The van der Waals surface area contributed by atoms with Gasteiger partial charge in [-0.3, -0.25) is 4.79 Å². The van der Waals surface area contributed by atoms with Crippen LogP contribution in [-0.4, -0.2) is 47.6 Å². The molecule has 0 fully saturated rings. The summed E-state index contributed by atoms with van der Waals surface area (Å²) in [6, 6.07) is 1.11. The molecule has 0 aromatic heterocycles. The number of carbonyl (C=O) groups excluding carboxylic acids is 1. The zero-order valence-electron chi connectivity index (χ0n) is 12.2. The summed E-state index contributed by atoms with van der Waals surface area (Å²) < 4.78 is 111. The molecular formula is C11H5F6I3NO5S-. The van der Waals surface area contributed by atoms with E-state index in [1.54, 1.807) is 22.6 Å². The Hall–Kier alpha value is 0.170. The predicted octanol–water partition coefficient (Wildman–Crippen LogP) is 3.34. The Kier molecular flexibility index (Phi) is 7.59. The van der Waals surface area contributed by atoms with Crippen LogP contribution in [-0.2, 0) is 10.1 Å². The molecule has 0 aliphatic carbocycles. The van der Waals surface area contributed by atoms with Crippen LogP contribution >= 0.6 is 67.8 Å². The Morgan fingerprint density at radius 1 is 1.07 bits per heavy atom. The minimum absolute atomic E-state index is 0.111. The minimum atomic E-state index is -6.36. The number of amides is 1. The predicted molar refractivity (Wildman–Crippen MR) is 103 cm³/mol. The van der Waals surface area contributed by atoms with E-state index in [0.717, 1.165) is 6.07 Å². The lowest BCUT2D eigenvalue weighted by Gasteiger charge is -2.38. The summed E-state index contributed by atoms with van der Waals surface area (Å²) in [7, 11) is -6.07. The van der Waals surface area contributed by atoms with Gasteiger partial charge in [-0.2, -0.15) is 26.3 Å². The standard InChI is InChI=1S/C11H6F6I3NO5S/c12-10(13,14)9(11(15,16)17,2-27(24,25)26)21-8(23)5-3(18)1-4(19)7(22)6(5)20/h1,22H,2H2,(H,21,23)(H,24,25,26)/p-1. The summed E-state index contributed by atoms with van der Waals surface area (Å²) in [4.78, 5) is 12.2. The molecule has 2 N–H and O–H groups in total. The maximum absolute atomic E-state index is 13.2. The molecule has 154 valence electrons. The highest BCUT2D eigenvalue weighted by Crippen LogP contribution is 2.44. The molecule has 16 heteroatoms. The zero-order chi connectivity index (χ0) is 21.6. The maximum Gasteiger partial charge on any atom is 0.421 e. The first-order valence-corrected chi connectivity index (χ1v) is 10.9. The van der Waals surface area contributed by atoms with E-state index in [0.29, 0.717) is 5.32 Å². The second-order valence-corrected chi connectivity index (χ2v) is 9.74. The van der Waals surface area contributed by atoms with Crippen LogP contribution in [0, 0.1) is 10.7 Å². The van der Waals surface area contributed by atoms with Crippen molar-refractivity contribution < 1.29 is 49.2 Å². The molecule has 27 heavy (non-hydrogen) atoms. The zero-order valence-corrected chi connectivity index (χ0v) is 19.5. The van der Waals surface area contributed by atoms with Crippen LogP contribution in [0.25, 0.3) is 0 Å². The molecule has 0 aliphatic heterocycles. The van der Waals surface area contributed by atoms with Gasteiger partial charge in [-0.15, -0.1) is 0 Å². The Balaban J connectivity index is 3.66. The van der Waals surface area contributed by atoms with E-state index in [-0.39, 0.29) is 10.7 Å². The van der Waals surface area contributed by atoms with Crippen molar-refractivity contribution >= 4 is 83.8 Å². The van der Waals surface area contributed by atoms with Crippen molar-refractivity contribution in [3.05, 3.63) is 22.3 Å². The third kappa shape index (κ3) is 5.41. The molecule has 1 aromatic carbocycles. The second kappa shape index (κ2) is 8.13. The first-order valence-electron chi connectivity index (χ1n) is 6.10. The Bertz CT molecular complexity index is 857. The normalized spacial score (nSPS) is 13.6. The summed E-state index contributed by atoms with van der Waals surface area (Å²) in [5, 5.41) is 10.4. The summed E-state index contributed by atoms with van der Waals surface area (Å²) in [5.74, 6) is -5.51. The van der Waals surface area contributed by atoms with Crippen LogP contribution in [0.15, 0.2) is 6.07 Å². The lowest BCUT2D eigenvalue weighted by molar-refractivity contribution is -0.296. The molecule has 0 atom stereocenters. The first-order chi connectivity index (χ1) is 11.8. The van der Waals surface area contributed by atoms with Crippen molar-refractivity contribution in [1.82, 2.24) is 5.32 Å². The van der Waals surface area contributed by atoms with Crippen molar-refractivity contribution in [1.29, 1.82) is 0 Å². The number of hydrogen-bond donors (Lipinski definition) is 2. The van der Waals surface area contributed by atoms with Gasteiger partial charge in [0.05, 0.1) is 28.6 Å². The van der Waals surface area contributed by atoms with E-state index in [4.69, 9.17) is 0 Å². The molecule has 6 nitrogen and oxygen atoms in total. The number of phenolic OH excluding ortho intramolecular Hbond substituents is 1. The fraction of sp³-hybridized carbons (Fsp3) is 0.364. The number of carbonyl (C=O) groups is 1. The van der Waals surface area contributed by atoms with E-state index < -0.39 is 51.0 Å². The number of hydrogen-bond acceptors (Lipinski definition) is 5. The van der Waals surface area contributed by atoms with Crippen LogP contribution in [0.2, 0.25) is 0 Å². The molecule has 0 saturated heterocycles. The molecule has 0 heterocycles. The van der Waals surface area contributed by atoms with Crippen molar-refractivity contribution in [2.24, 2.45) is 0 Å². The van der Waals surface area contributed by atoms with Crippen LogP contribution in [0.5, 0.6) is 5.75 Å². The molecule has 0 bridgehead atoms. The third-order valence-corrected chi connectivity index (χ3v) is 6.57. The van der Waals surface area contributed by atoms with Gasteiger partial charge in [0.1, 0.15) is 5.75 Å². The van der Waals surface area contributed by atoms with E-state index >= 15 is 0 Å². The van der Waals surface area contributed by atoms with Gasteiger partial charge < -0.3 is 15.0 Å². The van der Waals surface area contributed by atoms with E-state index in [2.05, 4.69) is 0 Å². The van der Waals surface area contributed by atoms with Crippen LogP contribution in [0.1, 0.15) is 10.4 Å². The van der Waals surface area contributed by atoms with E-state index in [1.165, 1.54) is 45.2 Å². The maximum atomic E-state index is 13.2. The second-order valence-electron chi connectivity index (χ2n) is 4.93. The van der Waals surface area contributed by atoms with Gasteiger partial charge in [0.15, 0.2) is 0 Å². The lowest BCUT2D eigenvalue weighted by atomic mass is 9.99. The van der Waals surface area contributed by atoms with Gasteiger partial charge in [-0.05, 0) is 73.8 Å². The molecule has 0 aliphatic rings. The summed E-state index contributed by atoms with van der Waals surface area (Å²) in [6.45, 7) is 0. The quantitative estimate of drug-likeness (QED) is 0.279.